The van der Waals surface area contributed by atoms with Crippen LogP contribution in [-0.4, -0.2) is 21.6 Å². The van der Waals surface area contributed by atoms with Crippen LogP contribution in [0.2, 0.25) is 0 Å². The summed E-state index contributed by atoms with van der Waals surface area (Å²) in [6.07, 6.45) is 1.87. The molecule has 0 bridgehead atoms. The van der Waals surface area contributed by atoms with Crippen LogP contribution in [0.5, 0.6) is 5.75 Å². The summed E-state index contributed by atoms with van der Waals surface area (Å²) in [5.41, 5.74) is 4.39. The summed E-state index contributed by atoms with van der Waals surface area (Å²) in [7, 11) is 0. The van der Waals surface area contributed by atoms with E-state index >= 15 is 0 Å². The molecule has 1 aliphatic rings. The van der Waals surface area contributed by atoms with E-state index in [1.54, 1.807) is 12.3 Å². The van der Waals surface area contributed by atoms with Crippen LogP contribution in [0.25, 0.3) is 0 Å². The molecule has 0 saturated heterocycles. The Labute approximate surface area is 173 Å². The maximum absolute atomic E-state index is 12.7. The van der Waals surface area contributed by atoms with Gasteiger partial charge in [0, 0.05) is 35.9 Å². The highest BCUT2D eigenvalue weighted by Crippen LogP contribution is 2.48. The monoisotopic (exact) mass is 396 g/mol. The fraction of sp³-hybridized carbons (Fsp3) is 0.500. The van der Waals surface area contributed by atoms with Gasteiger partial charge in [0.15, 0.2) is 0 Å². The number of aromatic nitrogens is 1. The van der Waals surface area contributed by atoms with Crippen molar-refractivity contribution in [2.24, 2.45) is 5.41 Å². The number of fused-ring (bicyclic) bond motifs is 1. The molecule has 1 aliphatic heterocycles. The minimum absolute atomic E-state index is 0.0277. The molecule has 2 heterocycles. The summed E-state index contributed by atoms with van der Waals surface area (Å²) in [6, 6.07) is 5.47. The highest BCUT2D eigenvalue weighted by atomic mass is 16.5. The molecule has 1 aromatic carbocycles. The third-order valence-corrected chi connectivity index (χ3v) is 5.30. The van der Waals surface area contributed by atoms with Gasteiger partial charge in [-0.3, -0.25) is 9.78 Å². The van der Waals surface area contributed by atoms with Crippen molar-refractivity contribution in [2.75, 3.05) is 5.32 Å². The summed E-state index contributed by atoms with van der Waals surface area (Å²) in [6.45, 7) is 14.1. The number of nitrogens with one attached hydrogen (secondary N) is 1. The molecule has 0 spiro atoms. The summed E-state index contributed by atoms with van der Waals surface area (Å²) < 4.78 is 6.27. The number of pyridine rings is 1. The van der Waals surface area contributed by atoms with E-state index in [-0.39, 0.29) is 16.9 Å². The highest BCUT2D eigenvalue weighted by Gasteiger charge is 2.37. The Bertz CT molecular complexity index is 928. The van der Waals surface area contributed by atoms with E-state index in [2.05, 4.69) is 10.3 Å². The van der Waals surface area contributed by atoms with Crippen molar-refractivity contribution >= 4 is 11.6 Å². The third kappa shape index (κ3) is 4.45. The number of rotatable bonds is 4. The zero-order valence-corrected chi connectivity index (χ0v) is 18.5. The molecule has 0 fully saturated rings. The molecule has 0 radical (unpaired) electrons. The second kappa shape index (κ2) is 7.45. The number of aliphatic hydroxyl groups excluding tert-OH is 1. The van der Waals surface area contributed by atoms with E-state index in [1.807, 2.05) is 60.6 Å². The first kappa shape index (κ1) is 21.3. The first-order valence-electron chi connectivity index (χ1n) is 10.1. The van der Waals surface area contributed by atoms with Gasteiger partial charge in [-0.1, -0.05) is 26.8 Å². The van der Waals surface area contributed by atoms with Gasteiger partial charge in [0.25, 0.3) is 0 Å². The Kier molecular flexibility index (Phi) is 5.48. The van der Waals surface area contributed by atoms with Crippen molar-refractivity contribution in [2.45, 2.75) is 73.0 Å². The van der Waals surface area contributed by atoms with Crippen LogP contribution in [-0.2, 0) is 11.2 Å². The maximum Gasteiger partial charge on any atom is 0.224 e. The fourth-order valence-electron chi connectivity index (χ4n) is 4.01. The molecular weight excluding hydrogens is 364 g/mol. The van der Waals surface area contributed by atoms with Crippen LogP contribution in [0.15, 0.2) is 24.4 Å². The van der Waals surface area contributed by atoms with Crippen LogP contribution in [0.1, 0.15) is 75.1 Å². The second-order valence-corrected chi connectivity index (χ2v) is 9.83. The van der Waals surface area contributed by atoms with Crippen LogP contribution >= 0.6 is 0 Å². The summed E-state index contributed by atoms with van der Waals surface area (Å²) in [5, 5.41) is 14.3. The number of aliphatic hydroxyl groups is 1. The van der Waals surface area contributed by atoms with Crippen molar-refractivity contribution in [3.63, 3.8) is 0 Å². The van der Waals surface area contributed by atoms with Gasteiger partial charge in [-0.25, -0.2) is 0 Å². The SMILES string of the molecule is Cc1c2c(c(C(O)c3ccccn3)c(C)c1NC(=O)CC(C)(C)C)OC(C)(C)C2. The Morgan fingerprint density at radius 3 is 2.55 bits per heavy atom. The summed E-state index contributed by atoms with van der Waals surface area (Å²) in [5.74, 6) is 0.692. The molecule has 0 aliphatic carbocycles. The fourth-order valence-corrected chi connectivity index (χ4v) is 4.01. The van der Waals surface area contributed by atoms with E-state index in [0.29, 0.717) is 17.7 Å². The second-order valence-electron chi connectivity index (χ2n) is 9.83. The number of hydrogen-bond acceptors (Lipinski definition) is 4. The Morgan fingerprint density at radius 2 is 1.97 bits per heavy atom. The average Bonchev–Trinajstić information content (AvgIpc) is 2.93. The normalized spacial score (nSPS) is 16.1. The Morgan fingerprint density at radius 1 is 1.28 bits per heavy atom. The van der Waals surface area contributed by atoms with Crippen LogP contribution in [0.3, 0.4) is 0 Å². The van der Waals surface area contributed by atoms with Gasteiger partial charge >= 0.3 is 0 Å². The topological polar surface area (TPSA) is 71.5 Å². The Balaban J connectivity index is 2.13. The number of amides is 1. The number of hydrogen-bond donors (Lipinski definition) is 2. The first-order chi connectivity index (χ1) is 13.4. The van der Waals surface area contributed by atoms with Crippen LogP contribution in [0.4, 0.5) is 5.69 Å². The number of benzene rings is 1. The quantitative estimate of drug-likeness (QED) is 0.773. The number of carbonyl (C=O) groups is 1. The molecule has 3 rings (SSSR count). The molecule has 1 atom stereocenters. The minimum Gasteiger partial charge on any atom is -0.487 e. The van der Waals surface area contributed by atoms with Gasteiger partial charge in [0.05, 0.1) is 5.69 Å². The lowest BCUT2D eigenvalue weighted by Crippen LogP contribution is -2.25. The number of nitrogens with zero attached hydrogens (tertiary/aromatic N) is 1. The predicted octanol–water partition coefficient (Wildman–Crippen LogP) is 4.87. The van der Waals surface area contributed by atoms with E-state index in [0.717, 1.165) is 34.5 Å². The summed E-state index contributed by atoms with van der Waals surface area (Å²) in [4.78, 5) is 17.0. The molecule has 1 aromatic heterocycles. The number of anilines is 1. The van der Waals surface area contributed by atoms with Gasteiger partial charge in [-0.05, 0) is 56.4 Å². The van der Waals surface area contributed by atoms with Crippen molar-refractivity contribution < 1.29 is 14.6 Å². The minimum atomic E-state index is -0.933. The smallest absolute Gasteiger partial charge is 0.224 e. The number of carbonyl (C=O) groups excluding carboxylic acids is 1. The maximum atomic E-state index is 12.7. The highest BCUT2D eigenvalue weighted by molar-refractivity contribution is 5.93. The van der Waals surface area contributed by atoms with Crippen LogP contribution in [0, 0.1) is 19.3 Å². The van der Waals surface area contributed by atoms with E-state index in [4.69, 9.17) is 4.74 Å². The van der Waals surface area contributed by atoms with Gasteiger partial charge in [0.2, 0.25) is 5.91 Å². The zero-order valence-electron chi connectivity index (χ0n) is 18.5. The van der Waals surface area contributed by atoms with E-state index in [1.165, 1.54) is 0 Å². The molecule has 5 nitrogen and oxygen atoms in total. The molecular formula is C24H32N2O3. The van der Waals surface area contributed by atoms with Crippen LogP contribution < -0.4 is 10.1 Å². The largest absolute Gasteiger partial charge is 0.487 e. The molecule has 1 unspecified atom stereocenters. The zero-order chi connectivity index (χ0) is 21.6. The Hall–Kier alpha value is -2.40. The molecule has 0 saturated carbocycles. The lowest BCUT2D eigenvalue weighted by Gasteiger charge is -2.24. The molecule has 156 valence electrons. The standard InChI is InChI=1S/C24H32N2O3/c1-14-16-12-24(6,7)29-22(16)19(21(28)17-10-8-9-11-25-17)15(2)20(14)26-18(27)13-23(3,4)5/h8-11,21,28H,12-13H2,1-7H3,(H,26,27). The third-order valence-electron chi connectivity index (χ3n) is 5.30. The number of ether oxygens (including phenoxy) is 1. The lowest BCUT2D eigenvalue weighted by molar-refractivity contribution is -0.117. The molecule has 29 heavy (non-hydrogen) atoms. The van der Waals surface area contributed by atoms with E-state index in [9.17, 15) is 9.90 Å². The molecule has 1 amide bonds. The first-order valence-corrected chi connectivity index (χ1v) is 10.1. The molecule has 5 heteroatoms. The van der Waals surface area contributed by atoms with Gasteiger partial charge in [-0.15, -0.1) is 0 Å². The van der Waals surface area contributed by atoms with Gasteiger partial charge in [-0.2, -0.15) is 0 Å². The molecule has 2 aromatic rings. The van der Waals surface area contributed by atoms with Gasteiger partial charge < -0.3 is 15.2 Å². The van der Waals surface area contributed by atoms with Crippen molar-refractivity contribution in [3.8, 4) is 5.75 Å². The van der Waals surface area contributed by atoms with E-state index < -0.39 is 6.10 Å². The van der Waals surface area contributed by atoms with Crippen molar-refractivity contribution in [1.82, 2.24) is 4.98 Å². The molecule has 2 N–H and O–H groups in total. The van der Waals surface area contributed by atoms with Crippen molar-refractivity contribution in [1.29, 1.82) is 0 Å². The average molecular weight is 397 g/mol. The van der Waals surface area contributed by atoms with Gasteiger partial charge in [0.1, 0.15) is 17.5 Å². The summed E-state index contributed by atoms with van der Waals surface area (Å²) >= 11 is 0. The lowest BCUT2D eigenvalue weighted by atomic mass is 9.88. The van der Waals surface area contributed by atoms with Crippen molar-refractivity contribution in [3.05, 3.63) is 52.3 Å². The predicted molar refractivity (Wildman–Crippen MR) is 115 cm³/mol.